The molecule has 0 radical (unpaired) electrons. The number of unbranched alkanes of at least 4 members (excludes halogenated alkanes) is 2. The lowest BCUT2D eigenvalue weighted by molar-refractivity contribution is 0.0696. The normalized spacial score (nSPS) is 25.9. The summed E-state index contributed by atoms with van der Waals surface area (Å²) in [7, 11) is 0. The molecule has 1 N–H and O–H groups in total. The summed E-state index contributed by atoms with van der Waals surface area (Å²) in [5.41, 5.74) is 5.67. The molecule has 0 amide bonds. The zero-order valence-corrected chi connectivity index (χ0v) is 19.6. The number of allylic oxidation sites excluding steroid dienone is 2. The van der Waals surface area contributed by atoms with Gasteiger partial charge in [-0.15, -0.1) is 0 Å². The van der Waals surface area contributed by atoms with E-state index in [9.17, 15) is 9.90 Å². The number of hydrogen-bond acceptors (Lipinski definition) is 2. The Hall–Kier alpha value is -2.07. The molecule has 2 aromatic carbocycles. The van der Waals surface area contributed by atoms with Crippen LogP contribution in [0.5, 0.6) is 0 Å². The van der Waals surface area contributed by atoms with Gasteiger partial charge in [0.2, 0.25) is 0 Å². The Balaban J connectivity index is 1.64. The van der Waals surface area contributed by atoms with Crippen LogP contribution >= 0.6 is 15.9 Å². The molecule has 0 saturated carbocycles. The number of carboxylic acids is 1. The highest BCUT2D eigenvalue weighted by atomic mass is 79.9. The quantitative estimate of drug-likeness (QED) is 0.345. The summed E-state index contributed by atoms with van der Waals surface area (Å²) < 4.78 is 1.11. The van der Waals surface area contributed by atoms with Crippen molar-refractivity contribution in [2.75, 3.05) is 11.4 Å². The molecule has 0 spiro atoms. The molecule has 4 heteroatoms. The number of nitrogens with zero attached hydrogens (tertiary/aromatic N) is 1. The Morgan fingerprint density at radius 3 is 2.68 bits per heavy atom. The fourth-order valence-electron chi connectivity index (χ4n) is 6.13. The Labute approximate surface area is 193 Å². The van der Waals surface area contributed by atoms with Crippen molar-refractivity contribution in [1.82, 2.24) is 0 Å². The van der Waals surface area contributed by atoms with Crippen LogP contribution in [-0.2, 0) is 0 Å². The average molecular weight is 480 g/mol. The summed E-state index contributed by atoms with van der Waals surface area (Å²) in [6.45, 7) is 3.29. The van der Waals surface area contributed by atoms with Crippen molar-refractivity contribution < 1.29 is 9.90 Å². The summed E-state index contributed by atoms with van der Waals surface area (Å²) >= 11 is 3.58. The minimum atomic E-state index is -0.808. The van der Waals surface area contributed by atoms with Gasteiger partial charge in [-0.3, -0.25) is 0 Å². The number of halogens is 1. The van der Waals surface area contributed by atoms with E-state index in [2.05, 4.69) is 64.2 Å². The van der Waals surface area contributed by atoms with Crippen LogP contribution in [0.3, 0.4) is 0 Å². The number of aromatic carboxylic acids is 1. The van der Waals surface area contributed by atoms with E-state index in [1.54, 1.807) is 0 Å². The fourth-order valence-corrected chi connectivity index (χ4v) is 6.40. The Morgan fingerprint density at radius 1 is 1.16 bits per heavy atom. The molecular formula is C27H30BrNO2. The van der Waals surface area contributed by atoms with E-state index in [1.807, 2.05) is 12.1 Å². The van der Waals surface area contributed by atoms with Crippen LogP contribution in [0.4, 0.5) is 5.69 Å². The topological polar surface area (TPSA) is 40.5 Å². The second kappa shape index (κ2) is 8.46. The summed E-state index contributed by atoms with van der Waals surface area (Å²) in [4.78, 5) is 14.6. The van der Waals surface area contributed by atoms with Gasteiger partial charge in [0.05, 0.1) is 11.6 Å². The van der Waals surface area contributed by atoms with Gasteiger partial charge in [0.25, 0.3) is 0 Å². The van der Waals surface area contributed by atoms with Crippen LogP contribution in [0.2, 0.25) is 0 Å². The van der Waals surface area contributed by atoms with Gasteiger partial charge in [-0.05, 0) is 72.1 Å². The molecule has 3 nitrogen and oxygen atoms in total. The standard InChI is InChI=1S/C27H30BrNO2/c1-2-3-4-6-17-13-14-29-25(18-9-11-20(28)12-10-18)22-8-5-7-21(22)24-16-19(27(30)31)15-23(17)26(24)29/h5,7,9-12,15-17,21-22,25H,2-4,6,8,13-14H2,1H3,(H,30,31)/t17-,21+,22+,25+/m1/s1. The second-order valence-corrected chi connectivity index (χ2v) is 10.2. The monoisotopic (exact) mass is 479 g/mol. The first-order valence-electron chi connectivity index (χ1n) is 11.7. The number of anilines is 1. The van der Waals surface area contributed by atoms with Gasteiger partial charge in [0.1, 0.15) is 0 Å². The van der Waals surface area contributed by atoms with Crippen molar-refractivity contribution in [2.24, 2.45) is 5.92 Å². The Bertz CT molecular complexity index is 1010. The van der Waals surface area contributed by atoms with Crippen molar-refractivity contribution in [2.45, 2.75) is 63.3 Å². The molecule has 162 valence electrons. The summed E-state index contributed by atoms with van der Waals surface area (Å²) in [6.07, 6.45) is 11.6. The Morgan fingerprint density at radius 2 is 1.94 bits per heavy atom. The van der Waals surface area contributed by atoms with E-state index < -0.39 is 5.97 Å². The average Bonchev–Trinajstić information content (AvgIpc) is 3.26. The van der Waals surface area contributed by atoms with Gasteiger partial charge in [-0.1, -0.05) is 66.4 Å². The molecule has 0 fully saturated rings. The number of rotatable bonds is 6. The van der Waals surface area contributed by atoms with Gasteiger partial charge in [-0.2, -0.15) is 0 Å². The van der Waals surface area contributed by atoms with Gasteiger partial charge < -0.3 is 10.0 Å². The largest absolute Gasteiger partial charge is 0.478 e. The van der Waals surface area contributed by atoms with Crippen molar-refractivity contribution in [1.29, 1.82) is 0 Å². The van der Waals surface area contributed by atoms with E-state index >= 15 is 0 Å². The maximum absolute atomic E-state index is 12.0. The molecular weight excluding hydrogens is 450 g/mol. The molecule has 4 atom stereocenters. The zero-order valence-electron chi connectivity index (χ0n) is 18.1. The third-order valence-corrected chi connectivity index (χ3v) is 8.07. The highest BCUT2D eigenvalue weighted by Gasteiger charge is 2.45. The van der Waals surface area contributed by atoms with Crippen LogP contribution in [-0.4, -0.2) is 17.6 Å². The summed E-state index contributed by atoms with van der Waals surface area (Å²) in [5, 5.41) is 9.85. The fraction of sp³-hybridized carbons (Fsp3) is 0.444. The van der Waals surface area contributed by atoms with Crippen LogP contribution in [0.25, 0.3) is 0 Å². The smallest absolute Gasteiger partial charge is 0.335 e. The van der Waals surface area contributed by atoms with Gasteiger partial charge in [0.15, 0.2) is 0 Å². The van der Waals surface area contributed by atoms with Crippen LogP contribution < -0.4 is 4.90 Å². The first-order chi connectivity index (χ1) is 15.1. The van der Waals surface area contributed by atoms with Gasteiger partial charge in [0, 0.05) is 22.6 Å². The molecule has 31 heavy (non-hydrogen) atoms. The number of hydrogen-bond donors (Lipinski definition) is 1. The van der Waals surface area contributed by atoms with Crippen molar-refractivity contribution in [3.63, 3.8) is 0 Å². The van der Waals surface area contributed by atoms with Gasteiger partial charge in [-0.25, -0.2) is 4.79 Å². The molecule has 5 rings (SSSR count). The number of carbonyl (C=O) groups is 1. The van der Waals surface area contributed by atoms with Crippen LogP contribution in [0, 0.1) is 5.92 Å². The van der Waals surface area contributed by atoms with E-state index in [4.69, 9.17) is 0 Å². The molecule has 0 saturated heterocycles. The summed E-state index contributed by atoms with van der Waals surface area (Å²) in [6, 6.07) is 13.1. The molecule has 2 heterocycles. The van der Waals surface area contributed by atoms with E-state index in [-0.39, 0.29) is 0 Å². The maximum Gasteiger partial charge on any atom is 0.335 e. The molecule has 0 aromatic heterocycles. The molecule has 2 aliphatic heterocycles. The minimum absolute atomic E-state index is 0.298. The lowest BCUT2D eigenvalue weighted by Gasteiger charge is -2.50. The third-order valence-electron chi connectivity index (χ3n) is 7.54. The van der Waals surface area contributed by atoms with Crippen LogP contribution in [0.15, 0.2) is 53.0 Å². The summed E-state index contributed by atoms with van der Waals surface area (Å²) in [5.74, 6) is 0.412. The Kier molecular flexibility index (Phi) is 5.68. The van der Waals surface area contributed by atoms with Gasteiger partial charge >= 0.3 is 5.97 Å². The highest BCUT2D eigenvalue weighted by Crippen LogP contribution is 2.57. The molecule has 0 bridgehead atoms. The first kappa shape index (κ1) is 20.8. The van der Waals surface area contributed by atoms with Crippen molar-refractivity contribution in [3.05, 3.63) is 75.3 Å². The van der Waals surface area contributed by atoms with Crippen molar-refractivity contribution in [3.8, 4) is 0 Å². The predicted octanol–water partition coefficient (Wildman–Crippen LogP) is 7.44. The van der Waals surface area contributed by atoms with E-state index in [0.29, 0.717) is 29.4 Å². The first-order valence-corrected chi connectivity index (χ1v) is 12.5. The van der Waals surface area contributed by atoms with Crippen LogP contribution in [0.1, 0.15) is 90.4 Å². The highest BCUT2D eigenvalue weighted by molar-refractivity contribution is 9.10. The molecule has 1 aliphatic carbocycles. The molecule has 3 aliphatic rings. The predicted molar refractivity (Wildman–Crippen MR) is 129 cm³/mol. The SMILES string of the molecule is CCCCC[C@@H]1CCN2c3c1cc(C(=O)O)cc3[C@H]1C=CC[C@@H]1[C@@H]2c1ccc(Br)cc1. The number of fused-ring (bicyclic) bond motifs is 2. The van der Waals surface area contributed by atoms with E-state index in [1.165, 1.54) is 41.6 Å². The zero-order chi connectivity index (χ0) is 21.5. The lowest BCUT2D eigenvalue weighted by Crippen LogP contribution is -2.43. The van der Waals surface area contributed by atoms with E-state index in [0.717, 1.165) is 30.3 Å². The lowest BCUT2D eigenvalue weighted by atomic mass is 9.71. The third kappa shape index (κ3) is 3.63. The minimum Gasteiger partial charge on any atom is -0.478 e. The number of carboxylic acid groups (broad SMARTS) is 1. The van der Waals surface area contributed by atoms with Crippen molar-refractivity contribution >= 4 is 27.6 Å². The maximum atomic E-state index is 12.0. The molecule has 2 aromatic rings. The number of benzene rings is 2. The molecule has 0 unspecified atom stereocenters. The second-order valence-electron chi connectivity index (χ2n) is 9.33.